The predicted molar refractivity (Wildman–Crippen MR) is 69.4 cm³/mol. The van der Waals surface area contributed by atoms with Gasteiger partial charge in [-0.2, -0.15) is 18.4 Å². The summed E-state index contributed by atoms with van der Waals surface area (Å²) in [6.45, 7) is 1.70. The van der Waals surface area contributed by atoms with Crippen LogP contribution in [-0.4, -0.2) is 37.3 Å². The summed E-state index contributed by atoms with van der Waals surface area (Å²) in [5.41, 5.74) is 0.516. The second-order valence-corrected chi connectivity index (χ2v) is 4.38. The highest BCUT2D eigenvalue weighted by Crippen LogP contribution is 2.17. The lowest BCUT2D eigenvalue weighted by atomic mass is 10.2. The minimum atomic E-state index is -4.19. The summed E-state index contributed by atoms with van der Waals surface area (Å²) in [4.78, 5) is 1.32. The first kappa shape index (κ1) is 16.3. The van der Waals surface area contributed by atoms with E-state index in [1.807, 2.05) is 13.0 Å². The van der Waals surface area contributed by atoms with Crippen LogP contribution in [0.25, 0.3) is 0 Å². The standard InChI is InChI=1S/C14H17F3N2O/c1-2-7-19(11-14(15,16)17)8-9-20-13-5-3-12(10-18)4-6-13/h3-6H,2,7-9,11H2,1H3. The van der Waals surface area contributed by atoms with Crippen LogP contribution in [0, 0.1) is 11.3 Å². The molecule has 0 heterocycles. The Balaban J connectivity index is 2.41. The smallest absolute Gasteiger partial charge is 0.401 e. The number of nitrogens with zero attached hydrogens (tertiary/aromatic N) is 2. The Labute approximate surface area is 116 Å². The van der Waals surface area contributed by atoms with Crippen LogP contribution in [0.4, 0.5) is 13.2 Å². The molecule has 0 saturated heterocycles. The van der Waals surface area contributed by atoms with E-state index in [9.17, 15) is 13.2 Å². The number of alkyl halides is 3. The Kier molecular flexibility index (Phi) is 6.32. The molecule has 0 amide bonds. The lowest BCUT2D eigenvalue weighted by Gasteiger charge is -2.22. The van der Waals surface area contributed by atoms with Gasteiger partial charge in [-0.1, -0.05) is 6.92 Å². The molecule has 0 bridgehead atoms. The van der Waals surface area contributed by atoms with Gasteiger partial charge in [0.2, 0.25) is 0 Å². The maximum atomic E-state index is 12.3. The zero-order valence-corrected chi connectivity index (χ0v) is 11.3. The molecule has 1 aromatic rings. The van der Waals surface area contributed by atoms with E-state index in [2.05, 4.69) is 0 Å². The number of rotatable bonds is 7. The van der Waals surface area contributed by atoms with Gasteiger partial charge in [0.25, 0.3) is 0 Å². The molecule has 0 aliphatic heterocycles. The van der Waals surface area contributed by atoms with Gasteiger partial charge in [-0.3, -0.25) is 4.90 Å². The van der Waals surface area contributed by atoms with Crippen LogP contribution < -0.4 is 4.74 Å². The van der Waals surface area contributed by atoms with Crippen molar-refractivity contribution in [1.29, 1.82) is 5.26 Å². The summed E-state index contributed by atoms with van der Waals surface area (Å²) in [6.07, 6.45) is -3.53. The molecule has 0 spiro atoms. The van der Waals surface area contributed by atoms with E-state index in [1.54, 1.807) is 24.3 Å². The van der Waals surface area contributed by atoms with E-state index >= 15 is 0 Å². The summed E-state index contributed by atoms with van der Waals surface area (Å²) < 4.78 is 42.4. The number of halogens is 3. The van der Waals surface area contributed by atoms with Gasteiger partial charge in [-0.15, -0.1) is 0 Å². The van der Waals surface area contributed by atoms with Crippen molar-refractivity contribution in [3.8, 4) is 11.8 Å². The normalized spacial score (nSPS) is 11.4. The summed E-state index contributed by atoms with van der Waals surface area (Å²) in [5.74, 6) is 0.549. The molecule has 3 nitrogen and oxygen atoms in total. The van der Waals surface area contributed by atoms with Crippen LogP contribution in [0.5, 0.6) is 5.75 Å². The largest absolute Gasteiger partial charge is 0.492 e. The number of hydrogen-bond acceptors (Lipinski definition) is 3. The Bertz CT molecular complexity index is 437. The fraction of sp³-hybridized carbons (Fsp3) is 0.500. The predicted octanol–water partition coefficient (Wildman–Crippen LogP) is 3.21. The molecule has 1 rings (SSSR count). The van der Waals surface area contributed by atoms with Crippen LogP contribution in [0.15, 0.2) is 24.3 Å². The molecule has 0 atom stereocenters. The van der Waals surface area contributed by atoms with Crippen molar-refractivity contribution in [2.45, 2.75) is 19.5 Å². The van der Waals surface area contributed by atoms with Gasteiger partial charge < -0.3 is 4.74 Å². The van der Waals surface area contributed by atoms with Crippen LogP contribution in [0.2, 0.25) is 0 Å². The first-order valence-electron chi connectivity index (χ1n) is 6.36. The number of ether oxygens (including phenoxy) is 1. The fourth-order valence-electron chi connectivity index (χ4n) is 1.76. The van der Waals surface area contributed by atoms with E-state index in [0.29, 0.717) is 24.3 Å². The van der Waals surface area contributed by atoms with Crippen molar-refractivity contribution in [2.24, 2.45) is 0 Å². The number of benzene rings is 1. The quantitative estimate of drug-likeness (QED) is 0.772. The minimum Gasteiger partial charge on any atom is -0.492 e. The van der Waals surface area contributed by atoms with Crippen molar-refractivity contribution in [2.75, 3.05) is 26.2 Å². The molecular weight excluding hydrogens is 269 g/mol. The Hall–Kier alpha value is -1.74. The van der Waals surface area contributed by atoms with E-state index in [1.165, 1.54) is 4.90 Å². The number of hydrogen-bond donors (Lipinski definition) is 0. The first-order valence-corrected chi connectivity index (χ1v) is 6.36. The van der Waals surface area contributed by atoms with Gasteiger partial charge >= 0.3 is 6.18 Å². The second kappa shape index (κ2) is 7.75. The van der Waals surface area contributed by atoms with Crippen LogP contribution in [-0.2, 0) is 0 Å². The average molecular weight is 286 g/mol. The lowest BCUT2D eigenvalue weighted by Crippen LogP contribution is -2.37. The topological polar surface area (TPSA) is 36.3 Å². The highest BCUT2D eigenvalue weighted by molar-refractivity contribution is 5.34. The van der Waals surface area contributed by atoms with Crippen molar-refractivity contribution >= 4 is 0 Å². The molecular formula is C14H17F3N2O. The maximum Gasteiger partial charge on any atom is 0.401 e. The van der Waals surface area contributed by atoms with Gasteiger partial charge in [0.1, 0.15) is 12.4 Å². The summed E-state index contributed by atoms with van der Waals surface area (Å²) >= 11 is 0. The molecule has 0 N–H and O–H groups in total. The molecule has 110 valence electrons. The molecule has 0 radical (unpaired) electrons. The van der Waals surface area contributed by atoms with Crippen LogP contribution in [0.1, 0.15) is 18.9 Å². The molecule has 1 aromatic carbocycles. The van der Waals surface area contributed by atoms with E-state index < -0.39 is 12.7 Å². The van der Waals surface area contributed by atoms with E-state index in [0.717, 1.165) is 0 Å². The Morgan fingerprint density at radius 1 is 1.20 bits per heavy atom. The molecule has 0 saturated carbocycles. The fourth-order valence-corrected chi connectivity index (χ4v) is 1.76. The van der Waals surface area contributed by atoms with Crippen LogP contribution >= 0.6 is 0 Å². The van der Waals surface area contributed by atoms with Crippen molar-refractivity contribution in [3.05, 3.63) is 29.8 Å². The zero-order chi connectivity index (χ0) is 15.0. The van der Waals surface area contributed by atoms with Gasteiger partial charge in [0, 0.05) is 6.54 Å². The molecule has 0 aromatic heterocycles. The maximum absolute atomic E-state index is 12.3. The third-order valence-electron chi connectivity index (χ3n) is 2.60. The Morgan fingerprint density at radius 2 is 1.85 bits per heavy atom. The Morgan fingerprint density at radius 3 is 2.35 bits per heavy atom. The van der Waals surface area contributed by atoms with Gasteiger partial charge in [0.05, 0.1) is 18.2 Å². The van der Waals surface area contributed by atoms with Crippen molar-refractivity contribution < 1.29 is 17.9 Å². The summed E-state index contributed by atoms with van der Waals surface area (Å²) in [6, 6.07) is 8.46. The molecule has 20 heavy (non-hydrogen) atoms. The third-order valence-corrected chi connectivity index (χ3v) is 2.60. The van der Waals surface area contributed by atoms with Gasteiger partial charge in [-0.05, 0) is 37.2 Å². The van der Waals surface area contributed by atoms with Gasteiger partial charge in [-0.25, -0.2) is 0 Å². The minimum absolute atomic E-state index is 0.183. The monoisotopic (exact) mass is 286 g/mol. The SMILES string of the molecule is CCCN(CCOc1ccc(C#N)cc1)CC(F)(F)F. The molecule has 0 fully saturated rings. The van der Waals surface area contributed by atoms with E-state index in [-0.39, 0.29) is 13.2 Å². The second-order valence-electron chi connectivity index (χ2n) is 4.38. The van der Waals surface area contributed by atoms with Gasteiger partial charge in [0.15, 0.2) is 0 Å². The highest BCUT2D eigenvalue weighted by atomic mass is 19.4. The van der Waals surface area contributed by atoms with Crippen molar-refractivity contribution in [1.82, 2.24) is 4.90 Å². The summed E-state index contributed by atoms with van der Waals surface area (Å²) in [5, 5.41) is 8.64. The highest BCUT2D eigenvalue weighted by Gasteiger charge is 2.30. The molecule has 6 heteroatoms. The zero-order valence-electron chi connectivity index (χ0n) is 11.3. The lowest BCUT2D eigenvalue weighted by molar-refractivity contribution is -0.146. The molecule has 0 aliphatic rings. The first-order chi connectivity index (χ1) is 9.44. The van der Waals surface area contributed by atoms with E-state index in [4.69, 9.17) is 10.00 Å². The summed E-state index contributed by atoms with van der Waals surface area (Å²) in [7, 11) is 0. The third kappa shape index (κ3) is 6.43. The average Bonchev–Trinajstić information content (AvgIpc) is 2.38. The van der Waals surface area contributed by atoms with Crippen molar-refractivity contribution in [3.63, 3.8) is 0 Å². The van der Waals surface area contributed by atoms with Crippen LogP contribution in [0.3, 0.4) is 0 Å². The molecule has 0 unspecified atom stereocenters. The molecule has 0 aliphatic carbocycles. The number of nitriles is 1.